The van der Waals surface area contributed by atoms with Crippen molar-refractivity contribution in [1.82, 2.24) is 15.2 Å². The molecule has 6 nitrogen and oxygen atoms in total. The Balaban J connectivity index is 1.47. The lowest BCUT2D eigenvalue weighted by atomic mass is 9.95. The number of aromatic nitrogens is 1. The summed E-state index contributed by atoms with van der Waals surface area (Å²) in [5, 5.41) is 3.21. The number of hydrogen-bond acceptors (Lipinski definition) is 4. The van der Waals surface area contributed by atoms with Crippen LogP contribution in [0.1, 0.15) is 39.0 Å². The monoisotopic (exact) mass is 344 g/mol. The average molecular weight is 344 g/mol. The molecule has 2 fully saturated rings. The van der Waals surface area contributed by atoms with Crippen molar-refractivity contribution >= 4 is 17.6 Å². The van der Waals surface area contributed by atoms with E-state index in [0.29, 0.717) is 13.0 Å². The van der Waals surface area contributed by atoms with Crippen molar-refractivity contribution < 1.29 is 9.59 Å². The standard InChI is InChI=1S/C19H28N4O2/c1-2-18(24)23-11-5-6-15(14-23)19(25)21-16-8-12-22(13-9-16)17-7-3-4-10-20-17/h3-4,7,10,15-16H,2,5-6,8-9,11-14H2,1H3,(H,21,25). The molecule has 0 spiro atoms. The third-order valence-corrected chi connectivity index (χ3v) is 5.26. The Morgan fingerprint density at radius 2 is 2.00 bits per heavy atom. The Labute approximate surface area is 149 Å². The lowest BCUT2D eigenvalue weighted by Gasteiger charge is -2.35. The van der Waals surface area contributed by atoms with Gasteiger partial charge in [-0.1, -0.05) is 13.0 Å². The van der Waals surface area contributed by atoms with Crippen molar-refractivity contribution in [3.8, 4) is 0 Å². The number of rotatable bonds is 4. The Hall–Kier alpha value is -2.11. The molecule has 1 N–H and O–H groups in total. The van der Waals surface area contributed by atoms with Gasteiger partial charge >= 0.3 is 0 Å². The van der Waals surface area contributed by atoms with Gasteiger partial charge in [-0.05, 0) is 37.8 Å². The fourth-order valence-electron chi connectivity index (χ4n) is 3.75. The van der Waals surface area contributed by atoms with Gasteiger partial charge in [-0.3, -0.25) is 9.59 Å². The summed E-state index contributed by atoms with van der Waals surface area (Å²) in [5.74, 6) is 1.22. The minimum Gasteiger partial charge on any atom is -0.356 e. The molecule has 2 aliphatic rings. The van der Waals surface area contributed by atoms with Crippen LogP contribution in [0.2, 0.25) is 0 Å². The van der Waals surface area contributed by atoms with Gasteiger partial charge in [0.05, 0.1) is 5.92 Å². The first-order chi connectivity index (χ1) is 12.2. The average Bonchev–Trinajstić information content (AvgIpc) is 2.68. The molecular weight excluding hydrogens is 316 g/mol. The summed E-state index contributed by atoms with van der Waals surface area (Å²) < 4.78 is 0. The number of anilines is 1. The van der Waals surface area contributed by atoms with E-state index in [9.17, 15) is 9.59 Å². The molecule has 0 aliphatic carbocycles. The van der Waals surface area contributed by atoms with Gasteiger partial charge in [-0.25, -0.2) is 4.98 Å². The van der Waals surface area contributed by atoms with Crippen LogP contribution in [0.5, 0.6) is 0 Å². The first kappa shape index (κ1) is 17.7. The van der Waals surface area contributed by atoms with E-state index >= 15 is 0 Å². The minimum atomic E-state index is -0.0573. The summed E-state index contributed by atoms with van der Waals surface area (Å²) in [4.78, 5) is 33.0. The number of carbonyl (C=O) groups is 2. The van der Waals surface area contributed by atoms with E-state index in [1.54, 1.807) is 0 Å². The zero-order valence-corrected chi connectivity index (χ0v) is 15.0. The van der Waals surface area contributed by atoms with E-state index in [-0.39, 0.29) is 23.8 Å². The van der Waals surface area contributed by atoms with E-state index in [4.69, 9.17) is 0 Å². The predicted octanol–water partition coefficient (Wildman–Crippen LogP) is 1.82. The maximum atomic E-state index is 12.6. The van der Waals surface area contributed by atoms with Crippen LogP contribution in [0.4, 0.5) is 5.82 Å². The highest BCUT2D eigenvalue weighted by atomic mass is 16.2. The summed E-state index contributed by atoms with van der Waals surface area (Å²) in [6, 6.07) is 6.18. The van der Waals surface area contributed by atoms with E-state index in [0.717, 1.165) is 51.1 Å². The maximum Gasteiger partial charge on any atom is 0.225 e. The lowest BCUT2D eigenvalue weighted by Crippen LogP contribution is -2.50. The zero-order valence-electron chi connectivity index (χ0n) is 15.0. The molecule has 1 unspecified atom stereocenters. The molecule has 2 amide bonds. The fourth-order valence-corrected chi connectivity index (χ4v) is 3.75. The lowest BCUT2D eigenvalue weighted by molar-refractivity contribution is -0.135. The summed E-state index contributed by atoms with van der Waals surface area (Å²) in [6.45, 7) is 5.06. The SMILES string of the molecule is CCC(=O)N1CCCC(C(=O)NC2CCN(c3ccccn3)CC2)C1. The quantitative estimate of drug-likeness (QED) is 0.905. The normalized spacial score (nSPS) is 21.9. The largest absolute Gasteiger partial charge is 0.356 e. The Bertz CT molecular complexity index is 584. The summed E-state index contributed by atoms with van der Waals surface area (Å²) in [5.41, 5.74) is 0. The number of nitrogens with zero attached hydrogens (tertiary/aromatic N) is 3. The minimum absolute atomic E-state index is 0.0573. The molecule has 1 aromatic heterocycles. The number of carbonyl (C=O) groups excluding carboxylic acids is 2. The van der Waals surface area contributed by atoms with Gasteiger partial charge in [0.15, 0.2) is 0 Å². The van der Waals surface area contributed by atoms with E-state index in [1.807, 2.05) is 36.2 Å². The molecule has 0 saturated carbocycles. The van der Waals surface area contributed by atoms with E-state index < -0.39 is 0 Å². The molecule has 136 valence electrons. The molecule has 3 rings (SSSR count). The number of hydrogen-bond donors (Lipinski definition) is 1. The zero-order chi connectivity index (χ0) is 17.6. The number of pyridine rings is 1. The van der Waals surface area contributed by atoms with Gasteiger partial charge in [-0.2, -0.15) is 0 Å². The molecule has 0 bridgehead atoms. The number of amides is 2. The number of nitrogens with one attached hydrogen (secondary N) is 1. The van der Waals surface area contributed by atoms with Crippen LogP contribution in [-0.2, 0) is 9.59 Å². The van der Waals surface area contributed by atoms with Gasteiger partial charge in [-0.15, -0.1) is 0 Å². The van der Waals surface area contributed by atoms with Crippen molar-refractivity contribution in [2.75, 3.05) is 31.1 Å². The second kappa shape index (κ2) is 8.32. The summed E-state index contributed by atoms with van der Waals surface area (Å²) in [7, 11) is 0. The summed E-state index contributed by atoms with van der Waals surface area (Å²) >= 11 is 0. The van der Waals surface area contributed by atoms with Crippen molar-refractivity contribution in [3.63, 3.8) is 0 Å². The first-order valence-electron chi connectivity index (χ1n) is 9.41. The molecule has 25 heavy (non-hydrogen) atoms. The van der Waals surface area contributed by atoms with Crippen LogP contribution in [0.3, 0.4) is 0 Å². The van der Waals surface area contributed by atoms with E-state index in [2.05, 4.69) is 15.2 Å². The van der Waals surface area contributed by atoms with Crippen LogP contribution in [0.25, 0.3) is 0 Å². The number of likely N-dealkylation sites (tertiary alicyclic amines) is 1. The molecule has 1 aromatic rings. The van der Waals surface area contributed by atoms with Crippen LogP contribution in [0.15, 0.2) is 24.4 Å². The smallest absolute Gasteiger partial charge is 0.225 e. The topological polar surface area (TPSA) is 65.5 Å². The molecule has 3 heterocycles. The number of piperidine rings is 2. The molecule has 6 heteroatoms. The molecular formula is C19H28N4O2. The molecule has 2 saturated heterocycles. The summed E-state index contributed by atoms with van der Waals surface area (Å²) in [6.07, 6.45) is 6.00. The third kappa shape index (κ3) is 4.50. The second-order valence-electron chi connectivity index (χ2n) is 6.99. The van der Waals surface area contributed by atoms with Crippen LogP contribution < -0.4 is 10.2 Å². The van der Waals surface area contributed by atoms with Gasteiger partial charge in [0.1, 0.15) is 5.82 Å². The predicted molar refractivity (Wildman–Crippen MR) is 97.2 cm³/mol. The van der Waals surface area contributed by atoms with Crippen molar-refractivity contribution in [2.45, 2.75) is 45.1 Å². The maximum absolute atomic E-state index is 12.6. The van der Waals surface area contributed by atoms with Crippen LogP contribution in [-0.4, -0.2) is 53.9 Å². The Morgan fingerprint density at radius 1 is 1.20 bits per heavy atom. The van der Waals surface area contributed by atoms with Crippen molar-refractivity contribution in [1.29, 1.82) is 0 Å². The van der Waals surface area contributed by atoms with Gasteiger partial charge in [0, 0.05) is 44.8 Å². The van der Waals surface area contributed by atoms with Crippen LogP contribution >= 0.6 is 0 Å². The Morgan fingerprint density at radius 3 is 2.68 bits per heavy atom. The van der Waals surface area contributed by atoms with Gasteiger partial charge in [0.2, 0.25) is 11.8 Å². The van der Waals surface area contributed by atoms with Crippen molar-refractivity contribution in [2.24, 2.45) is 5.92 Å². The highest BCUT2D eigenvalue weighted by Gasteiger charge is 2.30. The van der Waals surface area contributed by atoms with Gasteiger partial charge in [0.25, 0.3) is 0 Å². The molecule has 1 atom stereocenters. The second-order valence-corrected chi connectivity index (χ2v) is 6.99. The van der Waals surface area contributed by atoms with E-state index in [1.165, 1.54) is 0 Å². The Kier molecular flexibility index (Phi) is 5.89. The molecule has 0 radical (unpaired) electrons. The highest BCUT2D eigenvalue weighted by Crippen LogP contribution is 2.20. The third-order valence-electron chi connectivity index (χ3n) is 5.26. The van der Waals surface area contributed by atoms with Gasteiger partial charge < -0.3 is 15.1 Å². The molecule has 0 aromatic carbocycles. The first-order valence-corrected chi connectivity index (χ1v) is 9.41. The fraction of sp³-hybridized carbons (Fsp3) is 0.632. The highest BCUT2D eigenvalue weighted by molar-refractivity contribution is 5.81. The van der Waals surface area contributed by atoms with Crippen molar-refractivity contribution in [3.05, 3.63) is 24.4 Å². The van der Waals surface area contributed by atoms with Crippen LogP contribution in [0, 0.1) is 5.92 Å². The molecule has 2 aliphatic heterocycles.